The van der Waals surface area contributed by atoms with Crippen molar-refractivity contribution in [1.82, 2.24) is 9.78 Å². The van der Waals surface area contributed by atoms with Crippen molar-refractivity contribution < 1.29 is 23.1 Å². The van der Waals surface area contributed by atoms with Crippen LogP contribution in [-0.2, 0) is 6.42 Å². The van der Waals surface area contributed by atoms with Crippen molar-refractivity contribution in [3.8, 4) is 5.69 Å². The van der Waals surface area contributed by atoms with Gasteiger partial charge in [0.05, 0.1) is 0 Å². The van der Waals surface area contributed by atoms with Gasteiger partial charge in [-0.2, -0.15) is 5.10 Å². The molecule has 1 heterocycles. The fraction of sp³-hybridized carbons (Fsp3) is 0.154. The van der Waals surface area contributed by atoms with Gasteiger partial charge in [0.2, 0.25) is 11.1 Å². The van der Waals surface area contributed by atoms with Crippen molar-refractivity contribution in [3.63, 3.8) is 0 Å². The SMILES string of the molecule is CCc1cn(-c2cc(F)c(F)cc2F)nc(C(=O)O)c1=O. The summed E-state index contributed by atoms with van der Waals surface area (Å²) in [4.78, 5) is 22.7. The minimum atomic E-state index is -1.59. The Kier molecular flexibility index (Phi) is 3.79. The lowest BCUT2D eigenvalue weighted by Gasteiger charge is -2.10. The number of carboxylic acid groups (broad SMARTS) is 1. The Morgan fingerprint density at radius 2 is 1.86 bits per heavy atom. The molecule has 0 atom stereocenters. The summed E-state index contributed by atoms with van der Waals surface area (Å²) < 4.78 is 40.5. The van der Waals surface area contributed by atoms with Crippen LogP contribution in [0.2, 0.25) is 0 Å². The Labute approximate surface area is 116 Å². The average Bonchev–Trinajstić information content (AvgIpc) is 2.43. The molecule has 0 saturated heterocycles. The molecule has 5 nitrogen and oxygen atoms in total. The molecule has 1 N–H and O–H groups in total. The van der Waals surface area contributed by atoms with E-state index in [2.05, 4.69) is 5.10 Å². The fourth-order valence-electron chi connectivity index (χ4n) is 1.74. The Bertz CT molecular complexity index is 787. The summed E-state index contributed by atoms with van der Waals surface area (Å²) in [5, 5.41) is 12.4. The molecule has 0 spiro atoms. The summed E-state index contributed by atoms with van der Waals surface area (Å²) in [6.45, 7) is 1.59. The summed E-state index contributed by atoms with van der Waals surface area (Å²) in [6.07, 6.45) is 1.26. The van der Waals surface area contributed by atoms with Crippen LogP contribution in [0.5, 0.6) is 0 Å². The van der Waals surface area contributed by atoms with Crippen molar-refractivity contribution in [2.24, 2.45) is 0 Å². The minimum Gasteiger partial charge on any atom is -0.476 e. The first kappa shape index (κ1) is 14.8. The van der Waals surface area contributed by atoms with E-state index < -0.39 is 40.2 Å². The van der Waals surface area contributed by atoms with Crippen LogP contribution in [0, 0.1) is 17.5 Å². The van der Waals surface area contributed by atoms with Crippen molar-refractivity contribution in [2.75, 3.05) is 0 Å². The lowest BCUT2D eigenvalue weighted by molar-refractivity contribution is 0.0686. The molecule has 0 amide bonds. The van der Waals surface area contributed by atoms with Gasteiger partial charge in [0.25, 0.3) is 0 Å². The summed E-state index contributed by atoms with van der Waals surface area (Å²) >= 11 is 0. The topological polar surface area (TPSA) is 72.2 Å². The number of nitrogens with zero attached hydrogens (tertiary/aromatic N) is 2. The third-order valence-corrected chi connectivity index (χ3v) is 2.81. The number of aromatic nitrogens is 2. The van der Waals surface area contributed by atoms with E-state index in [1.165, 1.54) is 0 Å². The highest BCUT2D eigenvalue weighted by molar-refractivity contribution is 5.85. The Balaban J connectivity index is 2.76. The molecule has 0 aliphatic heterocycles. The number of benzene rings is 1. The van der Waals surface area contributed by atoms with Gasteiger partial charge < -0.3 is 5.11 Å². The smallest absolute Gasteiger partial charge is 0.360 e. The van der Waals surface area contributed by atoms with Gasteiger partial charge in [-0.1, -0.05) is 6.92 Å². The number of aromatic carboxylic acids is 1. The van der Waals surface area contributed by atoms with Gasteiger partial charge in [0.1, 0.15) is 5.69 Å². The van der Waals surface area contributed by atoms with Gasteiger partial charge in [-0.25, -0.2) is 22.6 Å². The van der Waals surface area contributed by atoms with E-state index >= 15 is 0 Å². The summed E-state index contributed by atoms with van der Waals surface area (Å²) in [5.74, 6) is -5.43. The van der Waals surface area contributed by atoms with Gasteiger partial charge in [-0.05, 0) is 6.42 Å². The molecule has 110 valence electrons. The lowest BCUT2D eigenvalue weighted by atomic mass is 10.2. The standard InChI is InChI=1S/C13H9F3N2O3/c1-2-6-5-18(17-11(12(6)19)13(20)21)10-4-8(15)7(14)3-9(10)16/h3-5H,2H2,1H3,(H,20,21). The zero-order chi connectivity index (χ0) is 15.7. The average molecular weight is 298 g/mol. The monoisotopic (exact) mass is 298 g/mol. The van der Waals surface area contributed by atoms with E-state index in [-0.39, 0.29) is 12.0 Å². The number of rotatable bonds is 3. The normalized spacial score (nSPS) is 10.7. The molecule has 8 heteroatoms. The van der Waals surface area contributed by atoms with Crippen LogP contribution in [0.3, 0.4) is 0 Å². The first-order chi connectivity index (χ1) is 9.85. The van der Waals surface area contributed by atoms with Crippen molar-refractivity contribution in [3.05, 3.63) is 57.3 Å². The number of carboxylic acids is 1. The molecule has 0 aliphatic carbocycles. The summed E-state index contributed by atoms with van der Waals surface area (Å²) in [5.41, 5.74) is -2.06. The molecule has 0 bridgehead atoms. The largest absolute Gasteiger partial charge is 0.476 e. The van der Waals surface area contributed by atoms with Crippen molar-refractivity contribution in [2.45, 2.75) is 13.3 Å². The number of hydrogen-bond donors (Lipinski definition) is 1. The molecule has 0 unspecified atom stereocenters. The van der Waals surface area contributed by atoms with Gasteiger partial charge in [0.15, 0.2) is 17.5 Å². The molecule has 0 saturated carbocycles. The van der Waals surface area contributed by atoms with Crippen LogP contribution in [-0.4, -0.2) is 20.9 Å². The first-order valence-corrected chi connectivity index (χ1v) is 5.86. The van der Waals surface area contributed by atoms with Crippen LogP contribution in [0.4, 0.5) is 13.2 Å². The highest BCUT2D eigenvalue weighted by Gasteiger charge is 2.18. The summed E-state index contributed by atoms with van der Waals surface area (Å²) in [7, 11) is 0. The molecule has 1 aromatic heterocycles. The van der Waals surface area contributed by atoms with Gasteiger partial charge >= 0.3 is 5.97 Å². The molecule has 0 fully saturated rings. The Morgan fingerprint density at radius 3 is 2.43 bits per heavy atom. The van der Waals surface area contributed by atoms with Gasteiger partial charge in [-0.15, -0.1) is 0 Å². The number of halogens is 3. The van der Waals surface area contributed by atoms with E-state index in [9.17, 15) is 22.8 Å². The third-order valence-electron chi connectivity index (χ3n) is 2.81. The zero-order valence-electron chi connectivity index (χ0n) is 10.7. The molecule has 2 rings (SSSR count). The Hall–Kier alpha value is -2.64. The maximum atomic E-state index is 13.7. The highest BCUT2D eigenvalue weighted by atomic mass is 19.2. The van der Waals surface area contributed by atoms with Crippen LogP contribution < -0.4 is 5.43 Å². The number of hydrogen-bond acceptors (Lipinski definition) is 3. The van der Waals surface area contributed by atoms with Crippen LogP contribution in [0.1, 0.15) is 23.0 Å². The van der Waals surface area contributed by atoms with Crippen molar-refractivity contribution >= 4 is 5.97 Å². The number of aryl methyl sites for hydroxylation is 1. The fourth-order valence-corrected chi connectivity index (χ4v) is 1.74. The third kappa shape index (κ3) is 2.64. The predicted molar refractivity (Wildman–Crippen MR) is 66.0 cm³/mol. The van der Waals surface area contributed by atoms with Gasteiger partial charge in [0, 0.05) is 23.9 Å². The molecule has 0 aliphatic rings. The van der Waals surface area contributed by atoms with Gasteiger partial charge in [-0.3, -0.25) is 4.79 Å². The molecular weight excluding hydrogens is 289 g/mol. The molecule has 1 aromatic carbocycles. The van der Waals surface area contributed by atoms with Crippen LogP contribution >= 0.6 is 0 Å². The van der Waals surface area contributed by atoms with E-state index in [4.69, 9.17) is 5.11 Å². The first-order valence-electron chi connectivity index (χ1n) is 5.86. The van der Waals surface area contributed by atoms with Crippen molar-refractivity contribution in [1.29, 1.82) is 0 Å². The maximum Gasteiger partial charge on any atom is 0.360 e. The van der Waals surface area contributed by atoms with Crippen LogP contribution in [0.25, 0.3) is 5.69 Å². The second kappa shape index (κ2) is 5.39. The van der Waals surface area contributed by atoms with E-state index in [0.717, 1.165) is 6.20 Å². The molecule has 21 heavy (non-hydrogen) atoms. The molecule has 2 aromatic rings. The van der Waals surface area contributed by atoms with Crippen LogP contribution in [0.15, 0.2) is 23.1 Å². The molecular formula is C13H9F3N2O3. The Morgan fingerprint density at radius 1 is 1.24 bits per heavy atom. The number of carbonyl (C=O) groups is 1. The highest BCUT2D eigenvalue weighted by Crippen LogP contribution is 2.17. The second-order valence-corrected chi connectivity index (χ2v) is 4.15. The van der Waals surface area contributed by atoms with E-state index in [1.807, 2.05) is 0 Å². The second-order valence-electron chi connectivity index (χ2n) is 4.15. The minimum absolute atomic E-state index is 0.0616. The zero-order valence-corrected chi connectivity index (χ0v) is 10.7. The lowest BCUT2D eigenvalue weighted by Crippen LogP contribution is -2.25. The van der Waals surface area contributed by atoms with E-state index in [0.29, 0.717) is 16.8 Å². The predicted octanol–water partition coefficient (Wildman–Crippen LogP) is 1.91. The maximum absolute atomic E-state index is 13.7. The quantitative estimate of drug-likeness (QED) is 0.879. The summed E-state index contributed by atoms with van der Waals surface area (Å²) in [6, 6.07) is 0.851. The van der Waals surface area contributed by atoms with E-state index in [1.54, 1.807) is 6.92 Å². The molecule has 0 radical (unpaired) electrons.